The zero-order valence-corrected chi connectivity index (χ0v) is 11.6. The van der Waals surface area contributed by atoms with Crippen LogP contribution in [0.25, 0.3) is 10.4 Å². The fraction of sp³-hybridized carbons (Fsp3) is 0.333. The van der Waals surface area contributed by atoms with Gasteiger partial charge in [0.2, 0.25) is 5.91 Å². The number of aldehydes is 1. The van der Waals surface area contributed by atoms with Gasteiger partial charge in [0, 0.05) is 34.5 Å². The van der Waals surface area contributed by atoms with Crippen molar-refractivity contribution in [3.63, 3.8) is 0 Å². The lowest BCUT2D eigenvalue weighted by Crippen LogP contribution is -2.25. The Morgan fingerprint density at radius 2 is 2.37 bits per heavy atom. The number of anilines is 1. The summed E-state index contributed by atoms with van der Waals surface area (Å²) >= 11 is 3.29. The first-order valence-corrected chi connectivity index (χ1v) is 6.51. The van der Waals surface area contributed by atoms with Gasteiger partial charge in [0.25, 0.3) is 0 Å². The Labute approximate surface area is 118 Å². The van der Waals surface area contributed by atoms with Crippen LogP contribution in [0.4, 0.5) is 5.69 Å². The summed E-state index contributed by atoms with van der Waals surface area (Å²) in [5, 5.41) is 3.50. The highest BCUT2D eigenvalue weighted by Gasteiger charge is 2.31. The number of nitrogens with zero attached hydrogens (tertiary/aromatic N) is 4. The molecule has 1 unspecified atom stereocenters. The predicted octanol–water partition coefficient (Wildman–Crippen LogP) is 2.92. The van der Waals surface area contributed by atoms with Crippen molar-refractivity contribution in [3.8, 4) is 0 Å². The van der Waals surface area contributed by atoms with Gasteiger partial charge in [-0.3, -0.25) is 9.59 Å². The van der Waals surface area contributed by atoms with Gasteiger partial charge in [-0.05, 0) is 29.6 Å². The first-order chi connectivity index (χ1) is 9.15. The molecule has 1 aliphatic rings. The van der Waals surface area contributed by atoms with E-state index in [1.54, 1.807) is 23.1 Å². The topological polar surface area (TPSA) is 86.1 Å². The van der Waals surface area contributed by atoms with Crippen molar-refractivity contribution in [2.75, 3.05) is 18.0 Å². The Morgan fingerprint density at radius 1 is 1.58 bits per heavy atom. The molecule has 0 bridgehead atoms. The highest BCUT2D eigenvalue weighted by Crippen LogP contribution is 2.29. The number of halogens is 1. The molecule has 1 heterocycles. The summed E-state index contributed by atoms with van der Waals surface area (Å²) < 4.78 is 0.788. The average molecular weight is 323 g/mol. The lowest BCUT2D eigenvalue weighted by molar-refractivity contribution is -0.117. The standard InChI is InChI=1S/C12H11BrN4O2/c13-10-1-2-11(9(4-10)7-18)17-6-8(3-12(17)19)5-15-16-14/h1-2,4,7-8H,3,5-6H2. The Bertz CT molecular complexity index is 569. The van der Waals surface area contributed by atoms with E-state index in [1.165, 1.54) is 0 Å². The molecule has 1 fully saturated rings. The molecule has 0 saturated carbocycles. The number of rotatable bonds is 4. The van der Waals surface area contributed by atoms with Crippen LogP contribution in [0.15, 0.2) is 27.8 Å². The molecule has 1 aromatic carbocycles. The number of benzene rings is 1. The van der Waals surface area contributed by atoms with E-state index in [4.69, 9.17) is 5.53 Å². The fourth-order valence-corrected chi connectivity index (χ4v) is 2.53. The van der Waals surface area contributed by atoms with Gasteiger partial charge in [-0.2, -0.15) is 0 Å². The zero-order chi connectivity index (χ0) is 13.8. The Morgan fingerprint density at radius 3 is 3.05 bits per heavy atom. The van der Waals surface area contributed by atoms with Gasteiger partial charge in [-0.15, -0.1) is 0 Å². The third-order valence-electron chi connectivity index (χ3n) is 3.02. The van der Waals surface area contributed by atoms with Crippen LogP contribution in [0.2, 0.25) is 0 Å². The third kappa shape index (κ3) is 2.94. The third-order valence-corrected chi connectivity index (χ3v) is 3.51. The maximum atomic E-state index is 12.0. The summed E-state index contributed by atoms with van der Waals surface area (Å²) in [4.78, 5) is 27.3. The molecule has 1 aliphatic heterocycles. The fourth-order valence-electron chi connectivity index (χ4n) is 2.15. The van der Waals surface area contributed by atoms with E-state index in [2.05, 4.69) is 26.0 Å². The average Bonchev–Trinajstić information content (AvgIpc) is 2.77. The molecule has 0 aromatic heterocycles. The van der Waals surface area contributed by atoms with Gasteiger partial charge in [-0.1, -0.05) is 21.0 Å². The van der Waals surface area contributed by atoms with Crippen molar-refractivity contribution < 1.29 is 9.59 Å². The summed E-state index contributed by atoms with van der Waals surface area (Å²) in [7, 11) is 0. The second-order valence-corrected chi connectivity index (χ2v) is 5.22. The second-order valence-electron chi connectivity index (χ2n) is 4.31. The zero-order valence-electron chi connectivity index (χ0n) is 9.99. The van der Waals surface area contributed by atoms with Crippen LogP contribution in [0, 0.1) is 5.92 Å². The predicted molar refractivity (Wildman–Crippen MR) is 74.0 cm³/mol. The second kappa shape index (κ2) is 5.86. The van der Waals surface area contributed by atoms with Crippen LogP contribution in [-0.2, 0) is 4.79 Å². The number of carbonyl (C=O) groups is 2. The smallest absolute Gasteiger partial charge is 0.227 e. The van der Waals surface area contributed by atoms with E-state index < -0.39 is 0 Å². The molecule has 1 amide bonds. The lowest BCUT2D eigenvalue weighted by atomic mass is 10.1. The van der Waals surface area contributed by atoms with Gasteiger partial charge in [0.1, 0.15) is 0 Å². The molecule has 1 aromatic rings. The number of hydrogen-bond donors (Lipinski definition) is 0. The van der Waals surface area contributed by atoms with E-state index in [0.717, 1.165) is 10.8 Å². The van der Waals surface area contributed by atoms with Gasteiger partial charge < -0.3 is 4.90 Å². The molecule has 1 atom stereocenters. The van der Waals surface area contributed by atoms with Gasteiger partial charge in [-0.25, -0.2) is 0 Å². The van der Waals surface area contributed by atoms with E-state index in [0.29, 0.717) is 30.8 Å². The number of carbonyl (C=O) groups excluding carboxylic acids is 2. The lowest BCUT2D eigenvalue weighted by Gasteiger charge is -2.18. The van der Waals surface area contributed by atoms with Crippen LogP contribution < -0.4 is 4.90 Å². The maximum absolute atomic E-state index is 12.0. The molecule has 6 nitrogen and oxygen atoms in total. The quantitative estimate of drug-likeness (QED) is 0.369. The first kappa shape index (κ1) is 13.6. The molecule has 98 valence electrons. The molecule has 2 rings (SSSR count). The van der Waals surface area contributed by atoms with Crippen molar-refractivity contribution in [1.82, 2.24) is 0 Å². The Kier molecular flexibility index (Phi) is 4.19. The van der Waals surface area contributed by atoms with Gasteiger partial charge in [0.15, 0.2) is 6.29 Å². The SMILES string of the molecule is [N-]=[N+]=NCC1CC(=O)N(c2ccc(Br)cc2C=O)C1. The molecule has 7 heteroatoms. The molecule has 0 N–H and O–H groups in total. The maximum Gasteiger partial charge on any atom is 0.227 e. The summed E-state index contributed by atoms with van der Waals surface area (Å²) in [6, 6.07) is 5.20. The van der Waals surface area contributed by atoms with E-state index in [-0.39, 0.29) is 11.8 Å². The molecule has 0 aliphatic carbocycles. The minimum Gasteiger partial charge on any atom is -0.311 e. The molecule has 0 spiro atoms. The first-order valence-electron chi connectivity index (χ1n) is 5.71. The van der Waals surface area contributed by atoms with Crippen molar-refractivity contribution in [1.29, 1.82) is 0 Å². The summed E-state index contributed by atoms with van der Waals surface area (Å²) in [5.41, 5.74) is 9.36. The highest BCUT2D eigenvalue weighted by atomic mass is 79.9. The molecular weight excluding hydrogens is 312 g/mol. The monoisotopic (exact) mass is 322 g/mol. The largest absolute Gasteiger partial charge is 0.311 e. The van der Waals surface area contributed by atoms with E-state index in [1.807, 2.05) is 0 Å². The van der Waals surface area contributed by atoms with Crippen molar-refractivity contribution in [2.45, 2.75) is 6.42 Å². The van der Waals surface area contributed by atoms with Crippen LogP contribution in [0.1, 0.15) is 16.8 Å². The highest BCUT2D eigenvalue weighted by molar-refractivity contribution is 9.10. The summed E-state index contributed by atoms with van der Waals surface area (Å²) in [6.45, 7) is 0.770. The summed E-state index contributed by atoms with van der Waals surface area (Å²) in [6.07, 6.45) is 1.07. The molecule has 1 saturated heterocycles. The normalized spacial score (nSPS) is 18.3. The summed E-state index contributed by atoms with van der Waals surface area (Å²) in [5.74, 6) is -0.0462. The van der Waals surface area contributed by atoms with Crippen LogP contribution >= 0.6 is 15.9 Å². The van der Waals surface area contributed by atoms with Crippen molar-refractivity contribution >= 4 is 33.8 Å². The number of hydrogen-bond acceptors (Lipinski definition) is 3. The minimum absolute atomic E-state index is 0.00606. The van der Waals surface area contributed by atoms with Gasteiger partial charge >= 0.3 is 0 Å². The molecule has 0 radical (unpaired) electrons. The van der Waals surface area contributed by atoms with Crippen molar-refractivity contribution in [3.05, 3.63) is 38.7 Å². The number of azide groups is 1. The van der Waals surface area contributed by atoms with E-state index >= 15 is 0 Å². The van der Waals surface area contributed by atoms with Crippen LogP contribution in [-0.4, -0.2) is 25.3 Å². The number of amides is 1. The van der Waals surface area contributed by atoms with Gasteiger partial charge in [0.05, 0.1) is 5.69 Å². The van der Waals surface area contributed by atoms with E-state index in [9.17, 15) is 9.59 Å². The van der Waals surface area contributed by atoms with Crippen LogP contribution in [0.5, 0.6) is 0 Å². The minimum atomic E-state index is -0.0523. The Hall–Kier alpha value is -1.85. The molecular formula is C12H11BrN4O2. The molecule has 19 heavy (non-hydrogen) atoms. The van der Waals surface area contributed by atoms with Crippen molar-refractivity contribution in [2.24, 2.45) is 11.0 Å². The van der Waals surface area contributed by atoms with Crippen LogP contribution in [0.3, 0.4) is 0 Å². The Balaban J connectivity index is 2.25.